The van der Waals surface area contributed by atoms with Gasteiger partial charge in [0.25, 0.3) is 5.91 Å². The molecule has 0 saturated carbocycles. The van der Waals surface area contributed by atoms with Crippen LogP contribution < -0.4 is 10.1 Å². The number of thioether (sulfide) groups is 1. The lowest BCUT2D eigenvalue weighted by Gasteiger charge is -2.08. The van der Waals surface area contributed by atoms with Crippen molar-refractivity contribution in [2.24, 2.45) is 0 Å². The standard InChI is InChI=1S/C21H19NO4S/c1-25-18-8-4-7-17(12-18)22-20(23)13-26-21(24)14-27-19-10-9-15-5-2-3-6-16(15)11-19/h2-12H,13-14H2,1H3,(H,22,23). The third-order valence-corrected chi connectivity index (χ3v) is 4.76. The van der Waals surface area contributed by atoms with Gasteiger partial charge in [-0.3, -0.25) is 9.59 Å². The zero-order chi connectivity index (χ0) is 19.1. The lowest BCUT2D eigenvalue weighted by molar-refractivity contribution is -0.144. The molecule has 6 heteroatoms. The molecule has 27 heavy (non-hydrogen) atoms. The van der Waals surface area contributed by atoms with Crippen LogP contribution in [0, 0.1) is 0 Å². The number of hydrogen-bond donors (Lipinski definition) is 1. The number of anilines is 1. The molecule has 3 aromatic rings. The summed E-state index contributed by atoms with van der Waals surface area (Å²) in [6, 6.07) is 21.0. The molecule has 1 N–H and O–H groups in total. The van der Waals surface area contributed by atoms with Gasteiger partial charge in [0.15, 0.2) is 6.61 Å². The van der Waals surface area contributed by atoms with Gasteiger partial charge in [-0.1, -0.05) is 36.4 Å². The topological polar surface area (TPSA) is 64.6 Å². The predicted octanol–water partition coefficient (Wildman–Crippen LogP) is 4.12. The van der Waals surface area contributed by atoms with Crippen LogP contribution in [-0.4, -0.2) is 31.3 Å². The fourth-order valence-corrected chi connectivity index (χ4v) is 3.23. The maximum atomic E-state index is 11.9. The molecule has 3 aromatic carbocycles. The molecular weight excluding hydrogens is 362 g/mol. The van der Waals surface area contributed by atoms with Gasteiger partial charge in [-0.05, 0) is 35.0 Å². The van der Waals surface area contributed by atoms with Gasteiger partial charge >= 0.3 is 5.97 Å². The van der Waals surface area contributed by atoms with Gasteiger partial charge in [0.05, 0.1) is 12.9 Å². The van der Waals surface area contributed by atoms with Crippen molar-refractivity contribution in [3.63, 3.8) is 0 Å². The highest BCUT2D eigenvalue weighted by Crippen LogP contribution is 2.23. The van der Waals surface area contributed by atoms with Crippen LogP contribution in [0.4, 0.5) is 5.69 Å². The molecule has 1 amide bonds. The number of amides is 1. The summed E-state index contributed by atoms with van der Waals surface area (Å²) in [5, 5.41) is 4.93. The molecule has 0 aliphatic rings. The first-order valence-electron chi connectivity index (χ1n) is 8.35. The highest BCUT2D eigenvalue weighted by molar-refractivity contribution is 8.00. The Morgan fingerprint density at radius 2 is 1.78 bits per heavy atom. The second kappa shape index (κ2) is 9.09. The van der Waals surface area contributed by atoms with Crippen LogP contribution in [0.3, 0.4) is 0 Å². The van der Waals surface area contributed by atoms with Crippen molar-refractivity contribution in [1.82, 2.24) is 0 Å². The summed E-state index contributed by atoms with van der Waals surface area (Å²) in [6.45, 7) is -0.325. The Morgan fingerprint density at radius 3 is 2.59 bits per heavy atom. The van der Waals surface area contributed by atoms with E-state index >= 15 is 0 Å². The van der Waals surface area contributed by atoms with E-state index in [2.05, 4.69) is 5.32 Å². The highest BCUT2D eigenvalue weighted by Gasteiger charge is 2.09. The Kier molecular flexibility index (Phi) is 6.33. The number of nitrogens with one attached hydrogen (secondary N) is 1. The van der Waals surface area contributed by atoms with Gasteiger partial charge in [-0.15, -0.1) is 11.8 Å². The first-order valence-corrected chi connectivity index (χ1v) is 9.34. The van der Waals surface area contributed by atoms with Crippen LogP contribution in [0.15, 0.2) is 71.6 Å². The first kappa shape index (κ1) is 18.8. The van der Waals surface area contributed by atoms with E-state index < -0.39 is 11.9 Å². The molecule has 0 saturated heterocycles. The van der Waals surface area contributed by atoms with Crippen molar-refractivity contribution in [2.45, 2.75) is 4.90 Å². The molecule has 0 atom stereocenters. The third kappa shape index (κ3) is 5.49. The highest BCUT2D eigenvalue weighted by atomic mass is 32.2. The number of hydrogen-bond acceptors (Lipinski definition) is 5. The fraction of sp³-hybridized carbons (Fsp3) is 0.143. The predicted molar refractivity (Wildman–Crippen MR) is 107 cm³/mol. The summed E-state index contributed by atoms with van der Waals surface area (Å²) in [5.74, 6) is -0.0528. The average Bonchev–Trinajstić information content (AvgIpc) is 2.70. The zero-order valence-corrected chi connectivity index (χ0v) is 15.6. The van der Waals surface area contributed by atoms with E-state index in [0.717, 1.165) is 15.7 Å². The number of ether oxygens (including phenoxy) is 2. The molecule has 0 spiro atoms. The van der Waals surface area contributed by atoms with Crippen molar-refractivity contribution in [2.75, 3.05) is 24.8 Å². The van der Waals surface area contributed by atoms with Gasteiger partial charge in [-0.25, -0.2) is 0 Å². The number of esters is 1. The van der Waals surface area contributed by atoms with E-state index in [1.807, 2.05) is 42.5 Å². The minimum Gasteiger partial charge on any atom is -0.497 e. The summed E-state index contributed by atoms with van der Waals surface area (Å²) in [7, 11) is 1.55. The number of benzene rings is 3. The van der Waals surface area contributed by atoms with Crippen LogP contribution in [0.2, 0.25) is 0 Å². The molecule has 0 heterocycles. The fourth-order valence-electron chi connectivity index (χ4n) is 2.49. The Bertz CT molecular complexity index is 958. The second-order valence-electron chi connectivity index (χ2n) is 5.74. The molecule has 0 aromatic heterocycles. The summed E-state index contributed by atoms with van der Waals surface area (Å²) in [5.41, 5.74) is 0.584. The molecule has 0 unspecified atom stereocenters. The monoisotopic (exact) mass is 381 g/mol. The van der Waals surface area contributed by atoms with Crippen LogP contribution >= 0.6 is 11.8 Å². The molecule has 0 radical (unpaired) electrons. The average molecular weight is 381 g/mol. The van der Waals surface area contributed by atoms with Crippen LogP contribution in [0.25, 0.3) is 10.8 Å². The summed E-state index contributed by atoms with van der Waals surface area (Å²) in [4.78, 5) is 24.8. The number of fused-ring (bicyclic) bond motifs is 1. The van der Waals surface area contributed by atoms with Crippen molar-refractivity contribution in [3.05, 3.63) is 66.7 Å². The largest absolute Gasteiger partial charge is 0.497 e. The first-order chi connectivity index (χ1) is 13.1. The molecule has 0 fully saturated rings. The zero-order valence-electron chi connectivity index (χ0n) is 14.8. The van der Waals surface area contributed by atoms with Crippen molar-refractivity contribution in [3.8, 4) is 5.75 Å². The van der Waals surface area contributed by atoms with Gasteiger partial charge in [0.2, 0.25) is 0 Å². The molecule has 3 rings (SSSR count). The maximum Gasteiger partial charge on any atom is 0.316 e. The summed E-state index contributed by atoms with van der Waals surface area (Å²) in [6.07, 6.45) is 0. The molecule has 0 aliphatic carbocycles. The van der Waals surface area contributed by atoms with E-state index in [4.69, 9.17) is 9.47 Å². The SMILES string of the molecule is COc1cccc(NC(=O)COC(=O)CSc2ccc3ccccc3c2)c1. The minimum absolute atomic E-state index is 0.144. The quantitative estimate of drug-likeness (QED) is 0.493. The van der Waals surface area contributed by atoms with Crippen LogP contribution in [0.5, 0.6) is 5.75 Å². The molecule has 138 valence electrons. The summed E-state index contributed by atoms with van der Waals surface area (Å²) < 4.78 is 10.1. The third-order valence-electron chi connectivity index (χ3n) is 3.80. The molecule has 5 nitrogen and oxygen atoms in total. The number of methoxy groups -OCH3 is 1. The van der Waals surface area contributed by atoms with Gasteiger partial charge in [-0.2, -0.15) is 0 Å². The van der Waals surface area contributed by atoms with Crippen LogP contribution in [0.1, 0.15) is 0 Å². The van der Waals surface area contributed by atoms with E-state index in [0.29, 0.717) is 11.4 Å². The Hall–Kier alpha value is -2.99. The lowest BCUT2D eigenvalue weighted by atomic mass is 10.1. The molecule has 0 bridgehead atoms. The van der Waals surface area contributed by atoms with Gasteiger partial charge < -0.3 is 14.8 Å². The van der Waals surface area contributed by atoms with E-state index in [9.17, 15) is 9.59 Å². The normalized spacial score (nSPS) is 10.4. The number of carbonyl (C=O) groups is 2. The Balaban J connectivity index is 1.45. The number of carbonyl (C=O) groups excluding carboxylic acids is 2. The summed E-state index contributed by atoms with van der Waals surface area (Å²) >= 11 is 1.38. The van der Waals surface area contributed by atoms with Gasteiger partial charge in [0, 0.05) is 16.6 Å². The maximum absolute atomic E-state index is 11.9. The van der Waals surface area contributed by atoms with Gasteiger partial charge in [0.1, 0.15) is 5.75 Å². The second-order valence-corrected chi connectivity index (χ2v) is 6.79. The smallest absolute Gasteiger partial charge is 0.316 e. The van der Waals surface area contributed by atoms with Crippen molar-refractivity contribution < 1.29 is 19.1 Å². The molecular formula is C21H19NO4S. The van der Waals surface area contributed by atoms with E-state index in [1.165, 1.54) is 11.8 Å². The minimum atomic E-state index is -0.436. The number of rotatable bonds is 7. The van der Waals surface area contributed by atoms with E-state index in [1.54, 1.807) is 31.4 Å². The molecule has 0 aliphatic heterocycles. The van der Waals surface area contributed by atoms with Crippen LogP contribution in [-0.2, 0) is 14.3 Å². The Morgan fingerprint density at radius 1 is 0.963 bits per heavy atom. The lowest BCUT2D eigenvalue weighted by Crippen LogP contribution is -2.21. The van der Waals surface area contributed by atoms with Crippen molar-refractivity contribution in [1.29, 1.82) is 0 Å². The van der Waals surface area contributed by atoms with E-state index in [-0.39, 0.29) is 12.4 Å². The Labute approximate surface area is 161 Å². The van der Waals surface area contributed by atoms with Crippen molar-refractivity contribution >= 4 is 40.1 Å².